The summed E-state index contributed by atoms with van der Waals surface area (Å²) in [6.45, 7) is 5.81. The van der Waals surface area contributed by atoms with E-state index in [1.54, 1.807) is 41.3 Å². The molecule has 10 heteroatoms. The minimum atomic E-state index is -1.70. The van der Waals surface area contributed by atoms with Crippen molar-refractivity contribution in [3.63, 3.8) is 0 Å². The molecule has 0 aliphatic carbocycles. The maximum atomic E-state index is 13.2. The van der Waals surface area contributed by atoms with Crippen molar-refractivity contribution >= 4 is 40.5 Å². The first-order valence-corrected chi connectivity index (χ1v) is 11.4. The van der Waals surface area contributed by atoms with Gasteiger partial charge in [-0.1, -0.05) is 18.7 Å². The van der Waals surface area contributed by atoms with Gasteiger partial charge in [-0.05, 0) is 35.9 Å². The summed E-state index contributed by atoms with van der Waals surface area (Å²) in [6.07, 6.45) is -3.05. The summed E-state index contributed by atoms with van der Waals surface area (Å²) in [6, 6.07) is 12.4. The van der Waals surface area contributed by atoms with Gasteiger partial charge in [-0.2, -0.15) is 0 Å². The number of nitrogens with zero attached hydrogens (tertiary/aromatic N) is 2. The van der Waals surface area contributed by atoms with E-state index in [2.05, 4.69) is 17.2 Å². The van der Waals surface area contributed by atoms with Crippen LogP contribution >= 0.6 is 0 Å². The number of carbonyl (C=O) groups is 3. The zero-order valence-electron chi connectivity index (χ0n) is 19.0. The molecular weight excluding hydrogens is 452 g/mol. The van der Waals surface area contributed by atoms with E-state index in [1.807, 2.05) is 6.07 Å². The predicted octanol–water partition coefficient (Wildman–Crippen LogP) is 0.855. The van der Waals surface area contributed by atoms with Crippen LogP contribution in [0.15, 0.2) is 49.0 Å². The Hall–Kier alpha value is -3.73. The highest BCUT2D eigenvalue weighted by Gasteiger charge is 2.39. The number of amides is 3. The lowest BCUT2D eigenvalue weighted by Gasteiger charge is -2.35. The van der Waals surface area contributed by atoms with Crippen LogP contribution in [0.1, 0.15) is 11.1 Å². The Kier molecular flexibility index (Phi) is 6.25. The smallest absolute Gasteiger partial charge is 0.259 e. The van der Waals surface area contributed by atoms with E-state index >= 15 is 0 Å². The first-order valence-electron chi connectivity index (χ1n) is 11.4. The third-order valence-electron chi connectivity index (χ3n) is 6.31. The summed E-state index contributed by atoms with van der Waals surface area (Å²) in [5.41, 5.74) is 4.49. The van der Waals surface area contributed by atoms with Crippen LogP contribution in [0.4, 0.5) is 17.1 Å². The molecule has 10 nitrogen and oxygen atoms in total. The number of aliphatic hydroxyl groups is 1. The average Bonchev–Trinajstić information content (AvgIpc) is 3.24. The summed E-state index contributed by atoms with van der Waals surface area (Å²) < 4.78 is 10.7. The second kappa shape index (κ2) is 9.49. The normalized spacial score (nSPS) is 20.9. The van der Waals surface area contributed by atoms with Crippen LogP contribution in [0.5, 0.6) is 0 Å². The van der Waals surface area contributed by atoms with Crippen LogP contribution in [0, 0.1) is 0 Å². The molecule has 0 aromatic heterocycles. The number of morpholine rings is 2. The van der Waals surface area contributed by atoms with Gasteiger partial charge in [0.25, 0.3) is 17.7 Å². The number of carbonyl (C=O) groups excluding carboxylic acids is 3. The lowest BCUT2D eigenvalue weighted by Crippen LogP contribution is -2.55. The molecule has 5 rings (SSSR count). The molecule has 2 aromatic carbocycles. The molecule has 182 valence electrons. The third kappa shape index (κ3) is 4.51. The number of hydrogen-bond donors (Lipinski definition) is 3. The van der Waals surface area contributed by atoms with Crippen LogP contribution < -0.4 is 20.4 Å². The van der Waals surface area contributed by atoms with Gasteiger partial charge in [0.2, 0.25) is 0 Å². The van der Waals surface area contributed by atoms with Gasteiger partial charge < -0.3 is 35.0 Å². The topological polar surface area (TPSA) is 120 Å². The van der Waals surface area contributed by atoms with E-state index in [9.17, 15) is 19.5 Å². The van der Waals surface area contributed by atoms with Gasteiger partial charge in [-0.15, -0.1) is 0 Å². The van der Waals surface area contributed by atoms with Gasteiger partial charge in [0.1, 0.15) is 6.61 Å². The zero-order valence-corrected chi connectivity index (χ0v) is 19.0. The zero-order chi connectivity index (χ0) is 24.5. The van der Waals surface area contributed by atoms with Crippen molar-refractivity contribution in [2.75, 3.05) is 48.0 Å². The van der Waals surface area contributed by atoms with E-state index in [4.69, 9.17) is 9.47 Å². The highest BCUT2D eigenvalue weighted by Crippen LogP contribution is 2.28. The SMILES string of the molecule is C=C1NCc2cc(NC(=O)C(O)C3OCCN(c4cccc(N5CCOCC5=O)c4)C3=O)ccc21. The number of nitrogens with one attached hydrogen (secondary N) is 2. The van der Waals surface area contributed by atoms with Crippen LogP contribution in [0.2, 0.25) is 0 Å². The van der Waals surface area contributed by atoms with Crippen molar-refractivity contribution in [2.24, 2.45) is 0 Å². The average molecular weight is 479 g/mol. The number of ether oxygens (including phenoxy) is 2. The Morgan fingerprint density at radius 3 is 2.69 bits per heavy atom. The monoisotopic (exact) mass is 478 g/mol. The molecule has 2 fully saturated rings. The fraction of sp³-hybridized carbons (Fsp3) is 0.320. The highest BCUT2D eigenvalue weighted by molar-refractivity contribution is 6.04. The summed E-state index contributed by atoms with van der Waals surface area (Å²) in [4.78, 5) is 41.2. The van der Waals surface area contributed by atoms with Crippen molar-refractivity contribution in [1.82, 2.24) is 5.32 Å². The van der Waals surface area contributed by atoms with Crippen molar-refractivity contribution in [3.05, 3.63) is 60.2 Å². The molecular formula is C25H26N4O6. The molecule has 2 unspecified atom stereocenters. The summed E-state index contributed by atoms with van der Waals surface area (Å²) in [5, 5.41) is 16.5. The van der Waals surface area contributed by atoms with E-state index < -0.39 is 24.0 Å². The Labute approximate surface area is 202 Å². The minimum absolute atomic E-state index is 0.0135. The standard InChI is InChI=1S/C25H26N4O6/c1-15-20-6-5-17(11-16(20)13-26-15)27-24(32)22(31)23-25(33)29(8-10-35-23)19-4-2-3-18(12-19)28-7-9-34-14-21(28)30/h2-6,11-12,22-23,26,31H,1,7-10,13-14H2,(H,27,32). The van der Waals surface area contributed by atoms with Crippen LogP contribution in [0.3, 0.4) is 0 Å². The second-order valence-corrected chi connectivity index (χ2v) is 8.54. The number of aliphatic hydroxyl groups excluding tert-OH is 1. The largest absolute Gasteiger partial charge is 0.381 e. The van der Waals surface area contributed by atoms with Crippen LogP contribution in [-0.4, -0.2) is 67.9 Å². The highest BCUT2D eigenvalue weighted by atomic mass is 16.5. The fourth-order valence-corrected chi connectivity index (χ4v) is 4.47. The maximum absolute atomic E-state index is 13.2. The molecule has 2 atom stereocenters. The molecule has 3 amide bonds. The molecule has 3 heterocycles. The molecule has 0 bridgehead atoms. The Morgan fingerprint density at radius 1 is 1.11 bits per heavy atom. The predicted molar refractivity (Wildman–Crippen MR) is 129 cm³/mol. The summed E-state index contributed by atoms with van der Waals surface area (Å²) >= 11 is 0. The third-order valence-corrected chi connectivity index (χ3v) is 6.31. The minimum Gasteiger partial charge on any atom is -0.381 e. The van der Waals surface area contributed by atoms with Crippen molar-refractivity contribution in [3.8, 4) is 0 Å². The number of anilines is 3. The lowest BCUT2D eigenvalue weighted by molar-refractivity contribution is -0.150. The number of fused-ring (bicyclic) bond motifs is 1. The molecule has 3 aliphatic rings. The molecule has 3 aliphatic heterocycles. The van der Waals surface area contributed by atoms with Crippen LogP contribution in [-0.2, 0) is 30.4 Å². The quantitative estimate of drug-likeness (QED) is 0.583. The summed E-state index contributed by atoms with van der Waals surface area (Å²) in [5.74, 6) is -1.42. The second-order valence-electron chi connectivity index (χ2n) is 8.54. The Morgan fingerprint density at radius 2 is 1.89 bits per heavy atom. The summed E-state index contributed by atoms with van der Waals surface area (Å²) in [7, 11) is 0. The molecule has 0 radical (unpaired) electrons. The molecule has 2 aromatic rings. The van der Waals surface area contributed by atoms with E-state index in [0.29, 0.717) is 36.8 Å². The number of benzene rings is 2. The number of rotatable bonds is 5. The van der Waals surface area contributed by atoms with Crippen LogP contribution in [0.25, 0.3) is 5.70 Å². The van der Waals surface area contributed by atoms with E-state index in [0.717, 1.165) is 16.8 Å². The van der Waals surface area contributed by atoms with Crippen molar-refractivity contribution < 1.29 is 29.0 Å². The Balaban J connectivity index is 1.29. The lowest BCUT2D eigenvalue weighted by atomic mass is 10.1. The van der Waals surface area contributed by atoms with Gasteiger partial charge >= 0.3 is 0 Å². The first kappa shape index (κ1) is 23.0. The van der Waals surface area contributed by atoms with E-state index in [-0.39, 0.29) is 25.7 Å². The molecule has 3 N–H and O–H groups in total. The Bertz CT molecular complexity index is 1200. The molecule has 0 saturated carbocycles. The van der Waals surface area contributed by atoms with Gasteiger partial charge in [0, 0.05) is 48.0 Å². The van der Waals surface area contributed by atoms with Crippen molar-refractivity contribution in [2.45, 2.75) is 18.8 Å². The fourth-order valence-electron chi connectivity index (χ4n) is 4.47. The molecule has 2 saturated heterocycles. The number of hydrogen-bond acceptors (Lipinski definition) is 7. The molecule has 35 heavy (non-hydrogen) atoms. The van der Waals surface area contributed by atoms with Gasteiger partial charge in [0.05, 0.1) is 13.2 Å². The first-order chi connectivity index (χ1) is 16.9. The van der Waals surface area contributed by atoms with E-state index in [1.165, 1.54) is 4.90 Å². The van der Waals surface area contributed by atoms with Gasteiger partial charge in [0.15, 0.2) is 12.2 Å². The van der Waals surface area contributed by atoms with Gasteiger partial charge in [-0.3, -0.25) is 14.4 Å². The maximum Gasteiger partial charge on any atom is 0.259 e. The van der Waals surface area contributed by atoms with Gasteiger partial charge in [-0.25, -0.2) is 0 Å². The van der Waals surface area contributed by atoms with Crippen molar-refractivity contribution in [1.29, 1.82) is 0 Å². The molecule has 0 spiro atoms.